The van der Waals surface area contributed by atoms with E-state index in [9.17, 15) is 5.11 Å². The van der Waals surface area contributed by atoms with Crippen LogP contribution >= 0.6 is 23.4 Å². The molecule has 1 aliphatic carbocycles. The van der Waals surface area contributed by atoms with Crippen molar-refractivity contribution in [2.45, 2.75) is 36.3 Å². The third-order valence-corrected chi connectivity index (χ3v) is 4.90. The Kier molecular flexibility index (Phi) is 4.63. The van der Waals surface area contributed by atoms with Gasteiger partial charge in [0.25, 0.3) is 0 Å². The van der Waals surface area contributed by atoms with E-state index in [1.807, 2.05) is 16.7 Å². The summed E-state index contributed by atoms with van der Waals surface area (Å²) in [5, 5.41) is 11.1. The number of aliphatic hydroxyl groups is 1. The van der Waals surface area contributed by atoms with E-state index in [1.165, 1.54) is 6.42 Å². The maximum atomic E-state index is 9.59. The summed E-state index contributed by atoms with van der Waals surface area (Å²) in [6.07, 6.45) is 11.4. The number of hydrogen-bond donors (Lipinski definition) is 1. The molecule has 6 heteroatoms. The number of nitrogens with zero attached hydrogens (tertiary/aromatic N) is 3. The van der Waals surface area contributed by atoms with Gasteiger partial charge in [-0.05, 0) is 31.4 Å². The van der Waals surface area contributed by atoms with Gasteiger partial charge in [0.05, 0.1) is 24.2 Å². The van der Waals surface area contributed by atoms with E-state index in [1.54, 1.807) is 24.2 Å². The fraction of sp³-hybridized carbons (Fsp3) is 0.333. The van der Waals surface area contributed by atoms with E-state index in [-0.39, 0.29) is 6.61 Å². The van der Waals surface area contributed by atoms with Crippen molar-refractivity contribution in [2.24, 2.45) is 0 Å². The number of allylic oxidation sites excluding steroid dienone is 1. The molecule has 2 aromatic rings. The molecule has 0 aliphatic heterocycles. The molecule has 1 N–H and O–H groups in total. The highest BCUT2D eigenvalue weighted by molar-refractivity contribution is 7.99. The second-order valence-electron chi connectivity index (χ2n) is 4.85. The molecule has 0 saturated carbocycles. The van der Waals surface area contributed by atoms with Gasteiger partial charge in [-0.15, -0.1) is 0 Å². The van der Waals surface area contributed by atoms with Gasteiger partial charge in [0.2, 0.25) is 0 Å². The van der Waals surface area contributed by atoms with Crippen molar-refractivity contribution >= 4 is 23.4 Å². The minimum absolute atomic E-state index is 0.151. The Morgan fingerprint density at radius 1 is 1.48 bits per heavy atom. The first-order valence-electron chi connectivity index (χ1n) is 6.91. The topological polar surface area (TPSA) is 50.9 Å². The van der Waals surface area contributed by atoms with Crippen LogP contribution in [-0.2, 0) is 6.61 Å². The van der Waals surface area contributed by atoms with Crippen molar-refractivity contribution in [1.82, 2.24) is 14.5 Å². The first-order valence-corrected chi connectivity index (χ1v) is 8.17. The predicted octanol–water partition coefficient (Wildman–Crippen LogP) is 3.61. The molecule has 0 bridgehead atoms. The van der Waals surface area contributed by atoms with E-state index >= 15 is 0 Å². The fourth-order valence-corrected chi connectivity index (χ4v) is 3.87. The van der Waals surface area contributed by atoms with Crippen molar-refractivity contribution < 1.29 is 5.11 Å². The zero-order chi connectivity index (χ0) is 14.7. The smallest absolute Gasteiger partial charge is 0.175 e. The molecule has 2 aromatic heterocycles. The molecule has 0 saturated heterocycles. The number of pyridine rings is 1. The van der Waals surface area contributed by atoms with Crippen molar-refractivity contribution in [3.05, 3.63) is 47.5 Å². The number of hydrogen-bond acceptors (Lipinski definition) is 4. The standard InChI is InChI=1S/C15H16ClN3OS/c16-14-13(10-20)19(11-5-4-8-17-9-11)15(18-14)21-12-6-2-1-3-7-12/h2,4-6,8-9,12,20H,1,3,7,10H2. The quantitative estimate of drug-likeness (QED) is 0.874. The Morgan fingerprint density at radius 2 is 2.38 bits per heavy atom. The van der Waals surface area contributed by atoms with E-state index in [0.29, 0.717) is 16.1 Å². The van der Waals surface area contributed by atoms with Crippen molar-refractivity contribution in [2.75, 3.05) is 0 Å². The molecule has 2 heterocycles. The van der Waals surface area contributed by atoms with Gasteiger partial charge in [-0.1, -0.05) is 35.5 Å². The summed E-state index contributed by atoms with van der Waals surface area (Å²) in [4.78, 5) is 8.56. The average molecular weight is 322 g/mol. The summed E-state index contributed by atoms with van der Waals surface area (Å²) < 4.78 is 1.89. The van der Waals surface area contributed by atoms with Crippen LogP contribution in [0.5, 0.6) is 0 Å². The molecule has 0 aromatic carbocycles. The maximum Gasteiger partial charge on any atom is 0.175 e. The summed E-state index contributed by atoms with van der Waals surface area (Å²) >= 11 is 7.85. The van der Waals surface area contributed by atoms with Crippen LogP contribution in [0.4, 0.5) is 0 Å². The molecule has 3 rings (SSSR count). The summed E-state index contributed by atoms with van der Waals surface area (Å²) in [5.74, 6) is 0. The molecule has 1 aliphatic rings. The Labute approximate surface area is 132 Å². The van der Waals surface area contributed by atoms with Gasteiger partial charge in [-0.25, -0.2) is 4.98 Å². The number of rotatable bonds is 4. The SMILES string of the molecule is OCc1c(Cl)nc(SC2C=CCCC2)n1-c1cccnc1. The molecule has 21 heavy (non-hydrogen) atoms. The Balaban J connectivity index is 2.00. The molecule has 110 valence electrons. The van der Waals surface area contributed by atoms with Crippen LogP contribution in [0.1, 0.15) is 25.0 Å². The van der Waals surface area contributed by atoms with Gasteiger partial charge in [-0.2, -0.15) is 0 Å². The van der Waals surface area contributed by atoms with Gasteiger partial charge >= 0.3 is 0 Å². The third kappa shape index (κ3) is 3.15. The predicted molar refractivity (Wildman–Crippen MR) is 84.9 cm³/mol. The molecule has 0 amide bonds. The second kappa shape index (κ2) is 6.64. The van der Waals surface area contributed by atoms with Crippen molar-refractivity contribution in [1.29, 1.82) is 0 Å². The lowest BCUT2D eigenvalue weighted by Crippen LogP contribution is -2.07. The summed E-state index contributed by atoms with van der Waals surface area (Å²) in [7, 11) is 0. The molecule has 1 unspecified atom stereocenters. The van der Waals surface area contributed by atoms with E-state index in [4.69, 9.17) is 11.6 Å². The van der Waals surface area contributed by atoms with Gasteiger partial charge in [0, 0.05) is 11.4 Å². The van der Waals surface area contributed by atoms with E-state index < -0.39 is 0 Å². The van der Waals surface area contributed by atoms with Crippen LogP contribution in [-0.4, -0.2) is 24.9 Å². The van der Waals surface area contributed by atoms with Gasteiger partial charge < -0.3 is 5.11 Å². The lowest BCUT2D eigenvalue weighted by Gasteiger charge is -2.16. The van der Waals surface area contributed by atoms with Crippen molar-refractivity contribution in [3.8, 4) is 5.69 Å². The number of thioether (sulfide) groups is 1. The maximum absolute atomic E-state index is 9.59. The normalized spacial score (nSPS) is 18.1. The first-order chi connectivity index (χ1) is 10.3. The van der Waals surface area contributed by atoms with Crippen molar-refractivity contribution in [3.63, 3.8) is 0 Å². The minimum atomic E-state index is -0.151. The molecule has 0 fully saturated rings. The van der Waals surface area contributed by atoms with Crippen LogP contribution in [0, 0.1) is 0 Å². The van der Waals surface area contributed by atoms with Crippen LogP contribution in [0.25, 0.3) is 5.69 Å². The Hall–Kier alpha value is -1.30. The molecule has 0 radical (unpaired) electrons. The Morgan fingerprint density at radius 3 is 3.05 bits per heavy atom. The highest BCUT2D eigenvalue weighted by atomic mass is 35.5. The summed E-state index contributed by atoms with van der Waals surface area (Å²) in [6.45, 7) is -0.151. The van der Waals surface area contributed by atoms with Crippen LogP contribution in [0.2, 0.25) is 5.15 Å². The molecular weight excluding hydrogens is 306 g/mol. The molecule has 1 atom stereocenters. The Bertz CT molecular complexity index is 642. The molecule has 0 spiro atoms. The molecule has 4 nitrogen and oxygen atoms in total. The first kappa shape index (κ1) is 14.6. The van der Waals surface area contributed by atoms with Gasteiger partial charge in [0.15, 0.2) is 10.3 Å². The zero-order valence-corrected chi connectivity index (χ0v) is 13.0. The highest BCUT2D eigenvalue weighted by Crippen LogP contribution is 2.34. The number of halogens is 1. The minimum Gasteiger partial charge on any atom is -0.390 e. The lowest BCUT2D eigenvalue weighted by molar-refractivity contribution is 0.274. The van der Waals surface area contributed by atoms with E-state index in [2.05, 4.69) is 22.1 Å². The fourth-order valence-electron chi connectivity index (χ4n) is 2.39. The lowest BCUT2D eigenvalue weighted by atomic mass is 10.1. The van der Waals surface area contributed by atoms with E-state index in [0.717, 1.165) is 23.7 Å². The molecular formula is C15H16ClN3OS. The van der Waals surface area contributed by atoms with Crippen LogP contribution in [0.15, 0.2) is 41.8 Å². The van der Waals surface area contributed by atoms with Crippen LogP contribution < -0.4 is 0 Å². The zero-order valence-electron chi connectivity index (χ0n) is 11.4. The van der Waals surface area contributed by atoms with Gasteiger partial charge in [-0.3, -0.25) is 9.55 Å². The summed E-state index contributed by atoms with van der Waals surface area (Å²) in [5.41, 5.74) is 1.47. The monoisotopic (exact) mass is 321 g/mol. The number of aromatic nitrogens is 3. The third-order valence-electron chi connectivity index (χ3n) is 3.41. The second-order valence-corrected chi connectivity index (χ2v) is 6.42. The summed E-state index contributed by atoms with van der Waals surface area (Å²) in [6, 6.07) is 3.80. The average Bonchev–Trinajstić information content (AvgIpc) is 2.84. The highest BCUT2D eigenvalue weighted by Gasteiger charge is 2.20. The number of imidazole rings is 1. The number of aliphatic hydroxyl groups excluding tert-OH is 1. The van der Waals surface area contributed by atoms with Gasteiger partial charge in [0.1, 0.15) is 0 Å². The largest absolute Gasteiger partial charge is 0.390 e. The van der Waals surface area contributed by atoms with Crippen LogP contribution in [0.3, 0.4) is 0 Å².